The van der Waals surface area contributed by atoms with Crippen molar-refractivity contribution in [1.82, 2.24) is 14.4 Å². The molecule has 4 rings (SSSR count). The van der Waals surface area contributed by atoms with Crippen molar-refractivity contribution in [2.75, 3.05) is 26.2 Å². The van der Waals surface area contributed by atoms with Gasteiger partial charge in [-0.15, -0.1) is 0 Å². The number of nitrogens with zero attached hydrogens (tertiary/aromatic N) is 4. The number of nitriles is 1. The average molecular weight is 399 g/mol. The molecule has 1 saturated heterocycles. The van der Waals surface area contributed by atoms with Crippen molar-refractivity contribution in [3.8, 4) is 11.8 Å². The van der Waals surface area contributed by atoms with Crippen LogP contribution in [0.25, 0.3) is 5.69 Å². The Bertz CT molecular complexity index is 1040. The van der Waals surface area contributed by atoms with Crippen LogP contribution < -0.4 is 0 Å². The molecule has 1 amide bonds. The lowest BCUT2D eigenvalue weighted by Gasteiger charge is -2.35. The third-order valence-electron chi connectivity index (χ3n) is 5.74. The molecule has 0 N–H and O–H groups in total. The molecule has 1 aliphatic rings. The lowest BCUT2D eigenvalue weighted by Crippen LogP contribution is -2.48. The van der Waals surface area contributed by atoms with Gasteiger partial charge in [-0.05, 0) is 35.7 Å². The van der Waals surface area contributed by atoms with Gasteiger partial charge in [0.25, 0.3) is 5.91 Å². The lowest BCUT2D eigenvalue weighted by molar-refractivity contribution is 0.0620. The Morgan fingerprint density at radius 2 is 1.63 bits per heavy atom. The van der Waals surface area contributed by atoms with Crippen LogP contribution in [0, 0.1) is 11.3 Å². The minimum atomic E-state index is -0.0736. The van der Waals surface area contributed by atoms with E-state index in [1.165, 1.54) is 11.1 Å². The van der Waals surface area contributed by atoms with Gasteiger partial charge in [0.2, 0.25) is 0 Å². The largest absolute Gasteiger partial charge is 0.335 e. The third-order valence-corrected chi connectivity index (χ3v) is 5.74. The summed E-state index contributed by atoms with van der Waals surface area (Å²) in [6.45, 7) is 5.99. The van der Waals surface area contributed by atoms with Gasteiger partial charge >= 0.3 is 0 Å². The first kappa shape index (κ1) is 19.9. The summed E-state index contributed by atoms with van der Waals surface area (Å²) in [6, 6.07) is 22.5. The van der Waals surface area contributed by atoms with E-state index in [4.69, 9.17) is 0 Å². The topological polar surface area (TPSA) is 52.3 Å². The standard InChI is InChI=1S/C25H26N4O/c1-2-20-8-10-23(11-9-20)29-13-12-22(18-26)24(29)25(30)28-16-14-27(15-17-28)19-21-6-4-3-5-7-21/h3-13H,2,14-17,19H2,1H3. The third kappa shape index (κ3) is 4.14. The van der Waals surface area contributed by atoms with E-state index in [9.17, 15) is 10.1 Å². The smallest absolute Gasteiger partial charge is 0.272 e. The first-order valence-electron chi connectivity index (χ1n) is 10.5. The first-order valence-corrected chi connectivity index (χ1v) is 10.5. The molecule has 2 aromatic carbocycles. The van der Waals surface area contributed by atoms with Crippen LogP contribution in [0.15, 0.2) is 66.9 Å². The van der Waals surface area contributed by atoms with Crippen LogP contribution in [0.1, 0.15) is 34.1 Å². The van der Waals surface area contributed by atoms with Crippen molar-refractivity contribution in [3.05, 3.63) is 89.2 Å². The molecule has 3 aromatic rings. The second kappa shape index (κ2) is 8.98. The van der Waals surface area contributed by atoms with E-state index in [0.29, 0.717) is 24.3 Å². The second-order valence-electron chi connectivity index (χ2n) is 7.63. The molecule has 152 valence electrons. The Labute approximate surface area is 177 Å². The average Bonchev–Trinajstić information content (AvgIpc) is 3.24. The number of hydrogen-bond acceptors (Lipinski definition) is 3. The van der Waals surface area contributed by atoms with Gasteiger partial charge in [0.1, 0.15) is 11.8 Å². The summed E-state index contributed by atoms with van der Waals surface area (Å²) in [5.41, 5.74) is 4.31. The fraction of sp³-hybridized carbons (Fsp3) is 0.280. The maximum Gasteiger partial charge on any atom is 0.272 e. The van der Waals surface area contributed by atoms with Gasteiger partial charge in [0.15, 0.2) is 0 Å². The number of carbonyl (C=O) groups is 1. The number of benzene rings is 2. The van der Waals surface area contributed by atoms with Crippen LogP contribution in [0.3, 0.4) is 0 Å². The summed E-state index contributed by atoms with van der Waals surface area (Å²) in [5, 5.41) is 9.57. The number of aromatic nitrogens is 1. The Morgan fingerprint density at radius 1 is 0.933 bits per heavy atom. The molecule has 0 aliphatic carbocycles. The summed E-state index contributed by atoms with van der Waals surface area (Å²) in [7, 11) is 0. The molecule has 1 fully saturated rings. The van der Waals surface area contributed by atoms with E-state index in [1.54, 1.807) is 6.07 Å². The van der Waals surface area contributed by atoms with Gasteiger partial charge in [-0.3, -0.25) is 9.69 Å². The number of rotatable bonds is 5. The van der Waals surface area contributed by atoms with Gasteiger partial charge in [-0.2, -0.15) is 5.26 Å². The highest BCUT2D eigenvalue weighted by molar-refractivity contribution is 5.96. The van der Waals surface area contributed by atoms with Crippen molar-refractivity contribution >= 4 is 5.91 Å². The van der Waals surface area contributed by atoms with E-state index < -0.39 is 0 Å². The van der Waals surface area contributed by atoms with E-state index >= 15 is 0 Å². The number of aryl methyl sites for hydroxylation is 1. The molecule has 0 atom stereocenters. The van der Waals surface area contributed by atoms with Crippen molar-refractivity contribution in [3.63, 3.8) is 0 Å². The fourth-order valence-corrected chi connectivity index (χ4v) is 3.95. The molecular formula is C25H26N4O. The van der Waals surface area contributed by atoms with Crippen LogP contribution in [-0.4, -0.2) is 46.5 Å². The first-order chi connectivity index (χ1) is 14.7. The van der Waals surface area contributed by atoms with Crippen molar-refractivity contribution < 1.29 is 4.79 Å². The van der Waals surface area contributed by atoms with Crippen molar-refractivity contribution in [2.24, 2.45) is 0 Å². The number of piperazine rings is 1. The van der Waals surface area contributed by atoms with Crippen LogP contribution in [0.4, 0.5) is 0 Å². The summed E-state index contributed by atoms with van der Waals surface area (Å²) in [6.07, 6.45) is 2.78. The van der Waals surface area contributed by atoms with E-state index in [-0.39, 0.29) is 5.91 Å². The van der Waals surface area contributed by atoms with E-state index in [1.807, 2.05) is 33.9 Å². The SMILES string of the molecule is CCc1ccc(-n2ccc(C#N)c2C(=O)N2CCN(Cc3ccccc3)CC2)cc1. The molecule has 5 nitrogen and oxygen atoms in total. The monoisotopic (exact) mass is 398 g/mol. The van der Waals surface area contributed by atoms with Gasteiger partial charge in [0.05, 0.1) is 5.56 Å². The quantitative estimate of drug-likeness (QED) is 0.656. The molecule has 30 heavy (non-hydrogen) atoms. The number of amides is 1. The lowest BCUT2D eigenvalue weighted by atomic mass is 10.1. The molecular weight excluding hydrogens is 372 g/mol. The minimum Gasteiger partial charge on any atom is -0.335 e. The van der Waals surface area contributed by atoms with Gasteiger partial charge < -0.3 is 9.47 Å². The zero-order valence-corrected chi connectivity index (χ0v) is 17.3. The molecule has 0 unspecified atom stereocenters. The summed E-state index contributed by atoms with van der Waals surface area (Å²) < 4.78 is 1.84. The molecule has 1 aliphatic heterocycles. The normalized spacial score (nSPS) is 14.5. The van der Waals surface area contributed by atoms with Crippen molar-refractivity contribution in [2.45, 2.75) is 19.9 Å². The highest BCUT2D eigenvalue weighted by Gasteiger charge is 2.27. The molecule has 1 aromatic heterocycles. The highest BCUT2D eigenvalue weighted by atomic mass is 16.2. The van der Waals surface area contributed by atoms with Crippen LogP contribution >= 0.6 is 0 Å². The molecule has 5 heteroatoms. The predicted octanol–water partition coefficient (Wildman–Crippen LogP) is 3.87. The maximum absolute atomic E-state index is 13.4. The van der Waals surface area contributed by atoms with Crippen LogP contribution in [0.5, 0.6) is 0 Å². The Kier molecular flexibility index (Phi) is 5.97. The zero-order valence-electron chi connectivity index (χ0n) is 17.3. The molecule has 0 spiro atoms. The second-order valence-corrected chi connectivity index (χ2v) is 7.63. The van der Waals surface area contributed by atoms with Gasteiger partial charge in [-0.1, -0.05) is 49.4 Å². The summed E-state index contributed by atoms with van der Waals surface area (Å²) >= 11 is 0. The van der Waals surface area contributed by atoms with E-state index in [2.05, 4.69) is 54.3 Å². The van der Waals surface area contributed by atoms with E-state index in [0.717, 1.165) is 31.7 Å². The summed E-state index contributed by atoms with van der Waals surface area (Å²) in [4.78, 5) is 17.6. The number of hydrogen-bond donors (Lipinski definition) is 0. The van der Waals surface area contributed by atoms with Crippen LogP contribution in [0.2, 0.25) is 0 Å². The number of carbonyl (C=O) groups excluding carboxylic acids is 1. The minimum absolute atomic E-state index is 0.0736. The Morgan fingerprint density at radius 3 is 2.27 bits per heavy atom. The van der Waals surface area contributed by atoms with Gasteiger partial charge in [-0.25, -0.2) is 0 Å². The fourth-order valence-electron chi connectivity index (χ4n) is 3.95. The molecule has 2 heterocycles. The zero-order chi connectivity index (χ0) is 20.9. The predicted molar refractivity (Wildman–Crippen MR) is 117 cm³/mol. The Hall–Kier alpha value is -3.36. The molecule has 0 radical (unpaired) electrons. The highest BCUT2D eigenvalue weighted by Crippen LogP contribution is 2.21. The summed E-state index contributed by atoms with van der Waals surface area (Å²) in [5.74, 6) is -0.0736. The molecule has 0 bridgehead atoms. The van der Waals surface area contributed by atoms with Crippen LogP contribution in [-0.2, 0) is 13.0 Å². The Balaban J connectivity index is 1.49. The van der Waals surface area contributed by atoms with Gasteiger partial charge in [0, 0.05) is 44.6 Å². The van der Waals surface area contributed by atoms with Crippen molar-refractivity contribution in [1.29, 1.82) is 5.26 Å². The maximum atomic E-state index is 13.4. The molecule has 0 saturated carbocycles.